The first kappa shape index (κ1) is 14.9. The molecule has 8 heteroatoms. The highest BCUT2D eigenvalue weighted by atomic mass is 17.2. The molecule has 2 aromatic heterocycles. The van der Waals surface area contributed by atoms with Crippen molar-refractivity contribution in [3.8, 4) is 34.5 Å². The van der Waals surface area contributed by atoms with Crippen molar-refractivity contribution in [1.82, 2.24) is 15.1 Å². The van der Waals surface area contributed by atoms with Gasteiger partial charge in [0.15, 0.2) is 0 Å². The first-order valence-corrected chi connectivity index (χ1v) is 6.63. The Morgan fingerprint density at radius 3 is 2.57 bits per heavy atom. The average molecular weight is 315 g/mol. The van der Waals surface area contributed by atoms with Gasteiger partial charge < -0.3 is 14.3 Å². The summed E-state index contributed by atoms with van der Waals surface area (Å²) in [4.78, 5) is 28.1. The molecular weight excluding hydrogens is 302 g/mol. The molecule has 8 nitrogen and oxygen atoms in total. The van der Waals surface area contributed by atoms with Crippen LogP contribution in [0, 0.1) is 0 Å². The molecule has 0 saturated carbocycles. The van der Waals surface area contributed by atoms with Crippen LogP contribution in [0.25, 0.3) is 23.0 Å². The first-order chi connectivity index (χ1) is 11.3. The Kier molecular flexibility index (Phi) is 4.46. The molecule has 0 fully saturated rings. The predicted octanol–water partition coefficient (Wildman–Crippen LogP) is 2.68. The Hall–Kier alpha value is -2.97. The minimum atomic E-state index is 0.235. The van der Waals surface area contributed by atoms with Crippen molar-refractivity contribution in [3.05, 3.63) is 42.6 Å². The van der Waals surface area contributed by atoms with Gasteiger partial charge in [0.05, 0.1) is 19.8 Å². The highest BCUT2D eigenvalue weighted by molar-refractivity contribution is 5.68. The van der Waals surface area contributed by atoms with Crippen molar-refractivity contribution in [2.45, 2.75) is 0 Å². The van der Waals surface area contributed by atoms with Crippen LogP contribution in [-0.4, -0.2) is 29.3 Å². The van der Waals surface area contributed by atoms with E-state index in [4.69, 9.17) is 19.2 Å². The van der Waals surface area contributed by atoms with Gasteiger partial charge in [-0.1, -0.05) is 17.3 Å². The van der Waals surface area contributed by atoms with Gasteiger partial charge in [-0.15, -0.1) is 0 Å². The molecule has 3 rings (SSSR count). The van der Waals surface area contributed by atoms with Crippen molar-refractivity contribution in [2.24, 2.45) is 0 Å². The fourth-order valence-corrected chi connectivity index (χ4v) is 1.94. The Morgan fingerprint density at radius 1 is 0.957 bits per heavy atom. The van der Waals surface area contributed by atoms with Crippen molar-refractivity contribution < 1.29 is 24.1 Å². The van der Waals surface area contributed by atoms with E-state index in [0.717, 1.165) is 0 Å². The van der Waals surface area contributed by atoms with E-state index in [9.17, 15) is 0 Å². The summed E-state index contributed by atoms with van der Waals surface area (Å²) in [6.45, 7) is 0. The quantitative estimate of drug-likeness (QED) is 0.506. The number of hydrogen-bond acceptors (Lipinski definition) is 8. The Bertz CT molecular complexity index is 776. The SMILES string of the molecule is COOc1cccc(-c2nc(-c3ccccn3)no2)c1OOC. The molecule has 0 bridgehead atoms. The maximum absolute atomic E-state index is 5.29. The van der Waals surface area contributed by atoms with Crippen LogP contribution < -0.4 is 9.78 Å². The lowest BCUT2D eigenvalue weighted by Gasteiger charge is -2.09. The summed E-state index contributed by atoms with van der Waals surface area (Å²) in [5, 5.41) is 3.92. The van der Waals surface area contributed by atoms with E-state index in [1.165, 1.54) is 14.2 Å². The molecule has 2 heterocycles. The fourth-order valence-electron chi connectivity index (χ4n) is 1.94. The van der Waals surface area contributed by atoms with Crippen LogP contribution in [0.3, 0.4) is 0 Å². The molecular formula is C15H13N3O5. The predicted molar refractivity (Wildman–Crippen MR) is 78.2 cm³/mol. The lowest BCUT2D eigenvalue weighted by Crippen LogP contribution is -1.99. The molecule has 0 unspecified atom stereocenters. The van der Waals surface area contributed by atoms with E-state index in [1.807, 2.05) is 6.07 Å². The van der Waals surface area contributed by atoms with Crippen LogP contribution in [0.4, 0.5) is 0 Å². The van der Waals surface area contributed by atoms with Crippen LogP contribution in [0.1, 0.15) is 0 Å². The standard InChI is InChI=1S/C15H13N3O5/c1-19-22-12-8-5-6-10(13(12)23-20-2)15-17-14(18-21-15)11-7-3-4-9-16-11/h3-9H,1-2H3. The summed E-state index contributed by atoms with van der Waals surface area (Å²) in [5.41, 5.74) is 1.09. The van der Waals surface area contributed by atoms with Gasteiger partial charge in [0.1, 0.15) is 5.69 Å². The largest absolute Gasteiger partial charge is 0.334 e. The lowest BCUT2D eigenvalue weighted by molar-refractivity contribution is -0.201. The highest BCUT2D eigenvalue weighted by Gasteiger charge is 2.20. The van der Waals surface area contributed by atoms with Gasteiger partial charge in [-0.25, -0.2) is 0 Å². The molecule has 0 amide bonds. The summed E-state index contributed by atoms with van der Waals surface area (Å²) in [7, 11) is 2.76. The van der Waals surface area contributed by atoms with E-state index in [0.29, 0.717) is 22.8 Å². The second-order valence-corrected chi connectivity index (χ2v) is 4.27. The van der Waals surface area contributed by atoms with E-state index in [2.05, 4.69) is 20.0 Å². The van der Waals surface area contributed by atoms with Crippen LogP contribution >= 0.6 is 0 Å². The number of hydrogen-bond donors (Lipinski definition) is 0. The summed E-state index contributed by atoms with van der Waals surface area (Å²) in [5.74, 6) is 1.17. The molecule has 0 saturated heterocycles. The molecule has 0 aliphatic carbocycles. The average Bonchev–Trinajstić information content (AvgIpc) is 3.07. The monoisotopic (exact) mass is 315 g/mol. The maximum atomic E-state index is 5.29. The Labute approximate surface area is 131 Å². The molecule has 3 aromatic rings. The highest BCUT2D eigenvalue weighted by Crippen LogP contribution is 2.38. The Balaban J connectivity index is 2.02. The third-order valence-corrected chi connectivity index (χ3v) is 2.87. The van der Waals surface area contributed by atoms with Crippen molar-refractivity contribution in [1.29, 1.82) is 0 Å². The summed E-state index contributed by atoms with van der Waals surface area (Å²) >= 11 is 0. The fraction of sp³-hybridized carbons (Fsp3) is 0.133. The summed E-state index contributed by atoms with van der Waals surface area (Å²) in [6.07, 6.45) is 1.65. The summed E-state index contributed by atoms with van der Waals surface area (Å²) < 4.78 is 5.29. The first-order valence-electron chi connectivity index (χ1n) is 6.63. The number of aromatic nitrogens is 3. The van der Waals surface area contributed by atoms with Gasteiger partial charge in [-0.2, -0.15) is 14.8 Å². The van der Waals surface area contributed by atoms with Crippen molar-refractivity contribution >= 4 is 0 Å². The van der Waals surface area contributed by atoms with Crippen LogP contribution in [0.2, 0.25) is 0 Å². The number of nitrogens with zero attached hydrogens (tertiary/aromatic N) is 3. The van der Waals surface area contributed by atoms with Gasteiger partial charge in [0, 0.05) is 6.20 Å². The Morgan fingerprint density at radius 2 is 1.83 bits per heavy atom. The van der Waals surface area contributed by atoms with Crippen molar-refractivity contribution in [2.75, 3.05) is 14.2 Å². The molecule has 1 aromatic carbocycles. The number of rotatable bonds is 6. The van der Waals surface area contributed by atoms with Crippen molar-refractivity contribution in [3.63, 3.8) is 0 Å². The van der Waals surface area contributed by atoms with Gasteiger partial charge in [0.25, 0.3) is 5.89 Å². The van der Waals surface area contributed by atoms with E-state index in [-0.39, 0.29) is 11.6 Å². The minimum absolute atomic E-state index is 0.235. The van der Waals surface area contributed by atoms with Gasteiger partial charge in [-0.05, 0) is 24.3 Å². The van der Waals surface area contributed by atoms with Gasteiger partial charge in [-0.3, -0.25) is 4.98 Å². The number of benzene rings is 1. The van der Waals surface area contributed by atoms with E-state index in [1.54, 1.807) is 36.5 Å². The lowest BCUT2D eigenvalue weighted by atomic mass is 10.2. The molecule has 118 valence electrons. The maximum Gasteiger partial charge on any atom is 0.262 e. The topological polar surface area (TPSA) is 88.7 Å². The van der Waals surface area contributed by atoms with E-state index >= 15 is 0 Å². The molecule has 0 spiro atoms. The van der Waals surface area contributed by atoms with Crippen LogP contribution in [0.5, 0.6) is 11.5 Å². The molecule has 0 aliphatic heterocycles. The zero-order valence-electron chi connectivity index (χ0n) is 12.4. The minimum Gasteiger partial charge on any atom is -0.334 e. The zero-order chi connectivity index (χ0) is 16.1. The molecule has 0 radical (unpaired) electrons. The van der Waals surface area contributed by atoms with E-state index < -0.39 is 0 Å². The van der Waals surface area contributed by atoms with Crippen LogP contribution in [0.15, 0.2) is 47.1 Å². The second kappa shape index (κ2) is 6.86. The van der Waals surface area contributed by atoms with Gasteiger partial charge in [0.2, 0.25) is 17.3 Å². The van der Waals surface area contributed by atoms with Gasteiger partial charge >= 0.3 is 0 Å². The molecule has 0 aliphatic rings. The molecule has 23 heavy (non-hydrogen) atoms. The third-order valence-electron chi connectivity index (χ3n) is 2.87. The number of pyridine rings is 1. The molecule has 0 atom stereocenters. The third kappa shape index (κ3) is 3.12. The smallest absolute Gasteiger partial charge is 0.262 e. The molecule has 0 N–H and O–H groups in total. The normalized spacial score (nSPS) is 10.5. The van der Waals surface area contributed by atoms with Crippen LogP contribution in [-0.2, 0) is 9.78 Å². The second-order valence-electron chi connectivity index (χ2n) is 4.27. The summed E-state index contributed by atoms with van der Waals surface area (Å²) in [6, 6.07) is 10.5. The number of para-hydroxylation sites is 1. The zero-order valence-corrected chi connectivity index (χ0v) is 12.4.